The summed E-state index contributed by atoms with van der Waals surface area (Å²) in [5.74, 6) is -5.01. The second kappa shape index (κ2) is 8.07. The van der Waals surface area contributed by atoms with Gasteiger partial charge in [-0.1, -0.05) is 0 Å². The molecule has 0 fully saturated rings. The number of aliphatic hydroxyl groups is 1. The van der Waals surface area contributed by atoms with E-state index in [0.717, 1.165) is 14.2 Å². The highest BCUT2D eigenvalue weighted by molar-refractivity contribution is 5.86. The monoisotopic (exact) mass is 294 g/mol. The van der Waals surface area contributed by atoms with Crippen LogP contribution in [-0.2, 0) is 23.9 Å². The fraction of sp³-hybridized carbons (Fsp3) is 0.600. The van der Waals surface area contributed by atoms with E-state index in [1.165, 1.54) is 0 Å². The van der Waals surface area contributed by atoms with Crippen molar-refractivity contribution in [2.45, 2.75) is 12.1 Å². The molecule has 0 aromatic heterocycles. The van der Waals surface area contributed by atoms with Crippen LogP contribution in [0.4, 0.5) is 0 Å². The topological polar surface area (TPSA) is 155 Å². The number of aliphatic hydroxyl groups excluding tert-OH is 1. The van der Waals surface area contributed by atoms with Gasteiger partial charge in [-0.2, -0.15) is 0 Å². The van der Waals surface area contributed by atoms with Crippen molar-refractivity contribution >= 4 is 23.9 Å². The van der Waals surface area contributed by atoms with E-state index in [9.17, 15) is 24.3 Å². The van der Waals surface area contributed by atoms with Gasteiger partial charge in [0, 0.05) is 0 Å². The van der Waals surface area contributed by atoms with Gasteiger partial charge in [-0.3, -0.25) is 14.5 Å². The van der Waals surface area contributed by atoms with Gasteiger partial charge in [0.2, 0.25) is 0 Å². The van der Waals surface area contributed by atoms with Crippen LogP contribution in [-0.4, -0.2) is 88.3 Å². The van der Waals surface area contributed by atoms with E-state index in [1.807, 2.05) is 0 Å². The highest BCUT2D eigenvalue weighted by atomic mass is 16.5. The van der Waals surface area contributed by atoms with E-state index in [2.05, 4.69) is 9.47 Å². The predicted octanol–water partition coefficient (Wildman–Crippen LogP) is -2.49. The minimum absolute atomic E-state index is 0.590. The standard InChI is InChI=1S/C10H15NO9/c1-19-5(12)3-11(4-6(13)20-2)7(9(15)16)8(14)10(17)18/h7-8,14H,3-4H2,1-2H3,(H,15,16)(H,17,18)/p+1. The third-order valence-corrected chi connectivity index (χ3v) is 2.33. The van der Waals surface area contributed by atoms with E-state index in [0.29, 0.717) is 4.90 Å². The van der Waals surface area contributed by atoms with Crippen LogP contribution in [0.25, 0.3) is 0 Å². The Morgan fingerprint density at radius 1 is 1.10 bits per heavy atom. The highest BCUT2D eigenvalue weighted by Gasteiger charge is 2.40. The quantitative estimate of drug-likeness (QED) is 0.325. The molecule has 0 amide bonds. The van der Waals surface area contributed by atoms with Crippen LogP contribution >= 0.6 is 0 Å². The molecule has 10 heteroatoms. The van der Waals surface area contributed by atoms with Crippen molar-refractivity contribution in [3.63, 3.8) is 0 Å². The van der Waals surface area contributed by atoms with Gasteiger partial charge in [0.05, 0.1) is 13.7 Å². The van der Waals surface area contributed by atoms with Gasteiger partial charge in [0.15, 0.2) is 19.8 Å². The number of carbonyl (C=O) groups excluding carboxylic acids is 2. The summed E-state index contributed by atoms with van der Waals surface area (Å²) in [4.78, 5) is 42.9. The van der Waals surface area contributed by atoms with Crippen LogP contribution in [0.5, 0.6) is 0 Å². The Morgan fingerprint density at radius 3 is 2.00 bits per heavy atom. The van der Waals surface area contributed by atoms with Crippen molar-refractivity contribution in [3.05, 3.63) is 0 Å². The molecule has 0 saturated heterocycles. The fourth-order valence-corrected chi connectivity index (χ4v) is 1.35. The molecule has 0 bridgehead atoms. The summed E-state index contributed by atoms with van der Waals surface area (Å²) < 4.78 is 8.75. The molecule has 0 spiro atoms. The van der Waals surface area contributed by atoms with Gasteiger partial charge >= 0.3 is 23.9 Å². The number of carboxylic acids is 2. The average Bonchev–Trinajstić information content (AvgIpc) is 2.37. The maximum atomic E-state index is 11.2. The van der Waals surface area contributed by atoms with Gasteiger partial charge in [-0.05, 0) is 0 Å². The molecule has 0 heterocycles. The number of ether oxygens (including phenoxy) is 2. The number of carbonyl (C=O) groups is 3. The molecule has 0 aliphatic heterocycles. The first-order valence-corrected chi connectivity index (χ1v) is 5.27. The molecule has 0 aliphatic rings. The lowest BCUT2D eigenvalue weighted by atomic mass is 10.1. The Bertz CT molecular complexity index is 376. The minimum atomic E-state index is -2.30. The van der Waals surface area contributed by atoms with Crippen LogP contribution in [0.2, 0.25) is 0 Å². The molecule has 0 radical (unpaired) electrons. The number of hydrogen-bond donors (Lipinski definition) is 3. The summed E-state index contributed by atoms with van der Waals surface area (Å²) in [6, 6.07) is -1.97. The summed E-state index contributed by atoms with van der Waals surface area (Å²) in [5, 5.41) is 27.1. The fourth-order valence-electron chi connectivity index (χ4n) is 1.35. The molecule has 20 heavy (non-hydrogen) atoms. The summed E-state index contributed by atoms with van der Waals surface area (Å²) in [6.45, 7) is -1.25. The van der Waals surface area contributed by atoms with E-state index in [1.54, 1.807) is 0 Å². The molecular formula is C10H16NO9+. The summed E-state index contributed by atoms with van der Waals surface area (Å²) in [5.41, 5.74) is 0. The Kier molecular flexibility index (Phi) is 7.18. The number of nitrogens with zero attached hydrogens (tertiary/aromatic N) is 1. The normalized spacial score (nSPS) is 13.4. The molecule has 4 N–H and O–H groups in total. The first-order chi connectivity index (χ1) is 9.24. The van der Waals surface area contributed by atoms with Crippen molar-refractivity contribution in [3.8, 4) is 0 Å². The van der Waals surface area contributed by atoms with Crippen LogP contribution in [0.15, 0.2) is 0 Å². The number of hydrogen-bond acceptors (Lipinski definition) is 7. The molecule has 0 aromatic carbocycles. The summed E-state index contributed by atoms with van der Waals surface area (Å²) in [7, 11) is 2.14. The first-order valence-electron chi connectivity index (χ1n) is 5.27. The summed E-state index contributed by atoms with van der Waals surface area (Å²) >= 11 is 0. The second-order valence-corrected chi connectivity index (χ2v) is 3.65. The number of carboxylic acid groups (broad SMARTS) is 2. The smallest absolute Gasteiger partial charge is 0.480 e. The Morgan fingerprint density at radius 2 is 1.65 bits per heavy atom. The lowest BCUT2D eigenvalue weighted by molar-refractivity contribution is -0.163. The van der Waals surface area contributed by atoms with Crippen molar-refractivity contribution in [2.75, 3.05) is 27.3 Å². The van der Waals surface area contributed by atoms with Crippen LogP contribution < -0.4 is 0 Å². The zero-order chi connectivity index (χ0) is 15.9. The van der Waals surface area contributed by atoms with Crippen molar-refractivity contribution < 1.29 is 44.0 Å². The maximum absolute atomic E-state index is 11.2. The molecular weight excluding hydrogens is 278 g/mol. The Balaban J connectivity index is 5.28. The zero-order valence-electron chi connectivity index (χ0n) is 10.8. The Hall–Kier alpha value is -2.20. The molecule has 2 atom stereocenters. The highest BCUT2D eigenvalue weighted by Crippen LogP contribution is 2.07. The van der Waals surface area contributed by atoms with E-state index < -0.39 is 49.1 Å². The molecule has 0 rings (SSSR count). The molecule has 0 saturated carbocycles. The molecule has 0 aliphatic carbocycles. The van der Waals surface area contributed by atoms with E-state index in [-0.39, 0.29) is 0 Å². The maximum Gasteiger partial charge on any atom is 0.497 e. The number of aliphatic carboxylic acids is 2. The van der Waals surface area contributed by atoms with Crippen molar-refractivity contribution in [1.82, 2.24) is 4.90 Å². The van der Waals surface area contributed by atoms with E-state index in [4.69, 9.17) is 10.2 Å². The van der Waals surface area contributed by atoms with E-state index >= 15 is 0 Å². The van der Waals surface area contributed by atoms with Gasteiger partial charge in [-0.25, -0.2) is 4.79 Å². The minimum Gasteiger partial charge on any atom is -0.480 e. The first kappa shape index (κ1) is 17.8. The molecule has 2 unspecified atom stereocenters. The molecule has 0 aromatic rings. The number of rotatable bonds is 8. The van der Waals surface area contributed by atoms with Gasteiger partial charge in [-0.15, -0.1) is 0 Å². The van der Waals surface area contributed by atoms with Crippen LogP contribution in [0.3, 0.4) is 0 Å². The lowest BCUT2D eigenvalue weighted by Crippen LogP contribution is -2.55. The van der Waals surface area contributed by atoms with Gasteiger partial charge < -0.3 is 29.6 Å². The largest absolute Gasteiger partial charge is 0.497 e. The zero-order valence-corrected chi connectivity index (χ0v) is 10.8. The van der Waals surface area contributed by atoms with Crippen LogP contribution in [0, 0.1) is 0 Å². The van der Waals surface area contributed by atoms with Crippen molar-refractivity contribution in [1.29, 1.82) is 0 Å². The second-order valence-electron chi connectivity index (χ2n) is 3.65. The third-order valence-electron chi connectivity index (χ3n) is 2.33. The summed E-state index contributed by atoms with van der Waals surface area (Å²) in [6.07, 6.45) is -2.30. The predicted molar refractivity (Wildman–Crippen MR) is 62.6 cm³/mol. The van der Waals surface area contributed by atoms with Crippen molar-refractivity contribution in [2.24, 2.45) is 0 Å². The molecule has 10 nitrogen and oxygen atoms in total. The average molecular weight is 294 g/mol. The number of esters is 2. The molecule has 114 valence electrons. The van der Waals surface area contributed by atoms with Crippen LogP contribution in [0.1, 0.15) is 0 Å². The Labute approximate surface area is 113 Å². The lowest BCUT2D eigenvalue weighted by Gasteiger charge is -2.26. The SMILES string of the molecule is COC(=O)CN(CC(=[OH+])OC)C(C(=O)O)C(O)C(=O)O. The van der Waals surface area contributed by atoms with Gasteiger partial charge in [0.25, 0.3) is 0 Å². The number of methoxy groups -OCH3 is 2. The third kappa shape index (κ3) is 5.20. The van der Waals surface area contributed by atoms with Gasteiger partial charge in [0.1, 0.15) is 6.04 Å².